The number of carbonyl (C=O) groups excluding carboxylic acids is 2. The van der Waals surface area contributed by atoms with Gasteiger partial charge in [0.15, 0.2) is 0 Å². The number of rotatable bonds is 3. The number of ether oxygens (including phenoxy) is 1. The molecule has 1 aliphatic heterocycles. The summed E-state index contributed by atoms with van der Waals surface area (Å²) in [7, 11) is 0. The van der Waals surface area contributed by atoms with Crippen molar-refractivity contribution in [2.24, 2.45) is 0 Å². The number of amides is 1. The van der Waals surface area contributed by atoms with E-state index in [0.717, 1.165) is 16.8 Å². The van der Waals surface area contributed by atoms with Crippen LogP contribution in [-0.2, 0) is 16.1 Å². The summed E-state index contributed by atoms with van der Waals surface area (Å²) < 4.78 is 5.44. The highest BCUT2D eigenvalue weighted by molar-refractivity contribution is 6.31. The van der Waals surface area contributed by atoms with Crippen LogP contribution in [0.25, 0.3) is 0 Å². The summed E-state index contributed by atoms with van der Waals surface area (Å²) in [5.41, 5.74) is 2.74. The molecule has 5 heteroatoms. The molecule has 2 aromatic carbocycles. The van der Waals surface area contributed by atoms with E-state index in [1.807, 2.05) is 58.0 Å². The van der Waals surface area contributed by atoms with Gasteiger partial charge in [0.05, 0.1) is 12.5 Å². The minimum atomic E-state index is -0.514. The molecule has 0 aliphatic carbocycles. The number of halogens is 1. The Bertz CT molecular complexity index is 853. The lowest BCUT2D eigenvalue weighted by Gasteiger charge is -2.23. The summed E-state index contributed by atoms with van der Waals surface area (Å²) in [6.07, 6.45) is 0. The molecule has 26 heavy (non-hydrogen) atoms. The van der Waals surface area contributed by atoms with Crippen LogP contribution in [0.5, 0.6) is 0 Å². The minimum absolute atomic E-state index is 0.0598. The van der Waals surface area contributed by atoms with Gasteiger partial charge in [0, 0.05) is 16.3 Å². The third-order valence-electron chi connectivity index (χ3n) is 4.34. The van der Waals surface area contributed by atoms with E-state index in [1.165, 1.54) is 0 Å². The van der Waals surface area contributed by atoms with E-state index in [4.69, 9.17) is 16.3 Å². The molecule has 0 fully saturated rings. The van der Waals surface area contributed by atoms with Crippen molar-refractivity contribution in [3.8, 4) is 0 Å². The fourth-order valence-electron chi connectivity index (χ4n) is 2.95. The van der Waals surface area contributed by atoms with Crippen LogP contribution in [-0.4, -0.2) is 17.5 Å². The zero-order valence-electron chi connectivity index (χ0n) is 15.4. The monoisotopic (exact) mass is 371 g/mol. The molecule has 0 spiro atoms. The highest BCUT2D eigenvalue weighted by Crippen LogP contribution is 2.31. The Morgan fingerprint density at radius 3 is 2.42 bits per heavy atom. The molecule has 0 radical (unpaired) electrons. The van der Waals surface area contributed by atoms with Crippen LogP contribution in [0.3, 0.4) is 0 Å². The van der Waals surface area contributed by atoms with Crippen LogP contribution in [0.2, 0.25) is 5.02 Å². The maximum Gasteiger partial charge on any atom is 0.313 e. The molecule has 0 saturated carbocycles. The minimum Gasteiger partial charge on any atom is -0.460 e. The van der Waals surface area contributed by atoms with E-state index in [0.29, 0.717) is 17.1 Å². The van der Waals surface area contributed by atoms with Crippen molar-refractivity contribution in [3.63, 3.8) is 0 Å². The highest BCUT2D eigenvalue weighted by Gasteiger charge is 2.29. The SMILES string of the molecule is CC(C(=O)OC(C)(C)C)c1ccc(N2Cc3ccc(Cl)cc3C2=O)cc1. The Morgan fingerprint density at radius 2 is 1.81 bits per heavy atom. The summed E-state index contributed by atoms with van der Waals surface area (Å²) in [5.74, 6) is -0.687. The number of fused-ring (bicyclic) bond motifs is 1. The first-order chi connectivity index (χ1) is 12.2. The molecule has 0 aromatic heterocycles. The molecule has 136 valence electrons. The number of hydrogen-bond acceptors (Lipinski definition) is 3. The summed E-state index contributed by atoms with van der Waals surface area (Å²) in [6, 6.07) is 12.8. The van der Waals surface area contributed by atoms with Crippen molar-refractivity contribution >= 4 is 29.2 Å². The zero-order chi connectivity index (χ0) is 19.1. The van der Waals surface area contributed by atoms with Crippen LogP contribution in [0, 0.1) is 0 Å². The van der Waals surface area contributed by atoms with Gasteiger partial charge in [-0.05, 0) is 63.1 Å². The van der Waals surface area contributed by atoms with Crippen LogP contribution in [0.1, 0.15) is 55.1 Å². The van der Waals surface area contributed by atoms with Gasteiger partial charge in [0.25, 0.3) is 5.91 Å². The van der Waals surface area contributed by atoms with E-state index in [-0.39, 0.29) is 17.8 Å². The van der Waals surface area contributed by atoms with Gasteiger partial charge in [0.1, 0.15) is 5.60 Å². The fourth-order valence-corrected chi connectivity index (χ4v) is 3.12. The van der Waals surface area contributed by atoms with Gasteiger partial charge in [0.2, 0.25) is 0 Å². The van der Waals surface area contributed by atoms with Crippen molar-refractivity contribution in [2.45, 2.75) is 45.8 Å². The summed E-state index contributed by atoms with van der Waals surface area (Å²) in [6.45, 7) is 7.89. The Kier molecular flexibility index (Phi) is 4.80. The summed E-state index contributed by atoms with van der Waals surface area (Å²) in [4.78, 5) is 26.6. The standard InChI is InChI=1S/C21H22ClNO3/c1-13(20(25)26-21(2,3)4)14-6-9-17(10-7-14)23-12-15-5-8-16(22)11-18(15)19(23)24/h5-11,13H,12H2,1-4H3. The number of nitrogens with zero attached hydrogens (tertiary/aromatic N) is 1. The number of anilines is 1. The molecule has 1 unspecified atom stereocenters. The molecular weight excluding hydrogens is 350 g/mol. The second-order valence-electron chi connectivity index (χ2n) is 7.54. The zero-order valence-corrected chi connectivity index (χ0v) is 16.1. The largest absolute Gasteiger partial charge is 0.460 e. The topological polar surface area (TPSA) is 46.6 Å². The van der Waals surface area contributed by atoms with Gasteiger partial charge in [-0.1, -0.05) is 29.8 Å². The van der Waals surface area contributed by atoms with Gasteiger partial charge in [-0.25, -0.2) is 0 Å². The van der Waals surface area contributed by atoms with Gasteiger partial charge in [-0.2, -0.15) is 0 Å². The van der Waals surface area contributed by atoms with Crippen molar-refractivity contribution in [3.05, 3.63) is 64.2 Å². The lowest BCUT2D eigenvalue weighted by Crippen LogP contribution is -2.27. The molecule has 4 nitrogen and oxygen atoms in total. The lowest BCUT2D eigenvalue weighted by molar-refractivity contribution is -0.156. The fraction of sp³-hybridized carbons (Fsp3) is 0.333. The Hall–Kier alpha value is -2.33. The predicted octanol–water partition coefficient (Wildman–Crippen LogP) is 4.95. The van der Waals surface area contributed by atoms with Crippen LogP contribution in [0.15, 0.2) is 42.5 Å². The third-order valence-corrected chi connectivity index (χ3v) is 4.58. The molecule has 1 aliphatic rings. The molecule has 0 saturated heterocycles. The smallest absolute Gasteiger partial charge is 0.313 e. The average molecular weight is 372 g/mol. The highest BCUT2D eigenvalue weighted by atomic mass is 35.5. The van der Waals surface area contributed by atoms with Crippen molar-refractivity contribution in [1.82, 2.24) is 0 Å². The van der Waals surface area contributed by atoms with Crippen LogP contribution in [0.4, 0.5) is 5.69 Å². The molecule has 0 N–H and O–H groups in total. The van der Waals surface area contributed by atoms with E-state index < -0.39 is 5.60 Å². The molecule has 3 rings (SSSR count). The molecular formula is C21H22ClNO3. The van der Waals surface area contributed by atoms with Crippen molar-refractivity contribution < 1.29 is 14.3 Å². The average Bonchev–Trinajstić information content (AvgIpc) is 2.89. The third kappa shape index (κ3) is 3.75. The number of benzene rings is 2. The summed E-state index contributed by atoms with van der Waals surface area (Å²) >= 11 is 6.00. The second kappa shape index (κ2) is 6.76. The van der Waals surface area contributed by atoms with E-state index >= 15 is 0 Å². The van der Waals surface area contributed by atoms with Crippen LogP contribution >= 0.6 is 11.6 Å². The maximum absolute atomic E-state index is 12.6. The first kappa shape index (κ1) is 18.5. The number of carbonyl (C=O) groups is 2. The Labute approximate surface area is 158 Å². The molecule has 1 heterocycles. The maximum atomic E-state index is 12.6. The number of esters is 1. The van der Waals surface area contributed by atoms with Crippen molar-refractivity contribution in [1.29, 1.82) is 0 Å². The quantitative estimate of drug-likeness (QED) is 0.717. The first-order valence-electron chi connectivity index (χ1n) is 8.59. The van der Waals surface area contributed by atoms with E-state index in [9.17, 15) is 9.59 Å². The van der Waals surface area contributed by atoms with Gasteiger partial charge >= 0.3 is 5.97 Å². The van der Waals surface area contributed by atoms with E-state index in [2.05, 4.69) is 0 Å². The van der Waals surface area contributed by atoms with Crippen LogP contribution < -0.4 is 4.90 Å². The van der Waals surface area contributed by atoms with Gasteiger partial charge < -0.3 is 9.64 Å². The first-order valence-corrected chi connectivity index (χ1v) is 8.96. The molecule has 1 amide bonds. The number of hydrogen-bond donors (Lipinski definition) is 0. The molecule has 1 atom stereocenters. The van der Waals surface area contributed by atoms with Gasteiger partial charge in [-0.3, -0.25) is 9.59 Å². The molecule has 2 aromatic rings. The Balaban J connectivity index is 1.77. The summed E-state index contributed by atoms with van der Waals surface area (Å²) in [5, 5.41) is 0.556. The lowest BCUT2D eigenvalue weighted by atomic mass is 10.0. The Morgan fingerprint density at radius 1 is 1.15 bits per heavy atom. The normalized spacial score (nSPS) is 15.0. The predicted molar refractivity (Wildman–Crippen MR) is 103 cm³/mol. The van der Waals surface area contributed by atoms with Crippen molar-refractivity contribution in [2.75, 3.05) is 4.90 Å². The molecule has 0 bridgehead atoms. The second-order valence-corrected chi connectivity index (χ2v) is 7.98. The van der Waals surface area contributed by atoms with Gasteiger partial charge in [-0.15, -0.1) is 0 Å². The van der Waals surface area contributed by atoms with E-state index in [1.54, 1.807) is 17.0 Å².